The summed E-state index contributed by atoms with van der Waals surface area (Å²) >= 11 is 2.56. The third kappa shape index (κ3) is 14.9. The first kappa shape index (κ1) is 47.7. The van der Waals surface area contributed by atoms with Crippen molar-refractivity contribution in [2.24, 2.45) is 33.9 Å². The molecule has 0 unspecified atom stereocenters. The Bertz CT molecular complexity index is 1490. The van der Waals surface area contributed by atoms with Crippen molar-refractivity contribution in [1.82, 2.24) is 20.6 Å². The number of carbonyl (C=O) groups is 4. The fraction of sp³-hybridized carbons (Fsp3) is 0.714. The number of ether oxygens (including phenoxy) is 2. The summed E-state index contributed by atoms with van der Waals surface area (Å²) < 4.78 is 9.30. The molecule has 0 aromatic carbocycles. The Labute approximate surface area is 325 Å². The molecule has 0 saturated carbocycles. The highest BCUT2D eigenvalue weighted by atomic mass is 32.1. The number of rotatable bonds is 20. The van der Waals surface area contributed by atoms with Crippen LogP contribution in [0.1, 0.15) is 131 Å². The van der Waals surface area contributed by atoms with E-state index in [1.807, 2.05) is 62.3 Å². The SMILES string of the molecule is CC[C@H](C)[C@H](N=[N+]=[N-])C(=O)N[C@H](C[C@@H](C)c1nc(C(=O)OC)cs1)C(C)C.CC[C@H](C)[C@H](N=[N+]=[N-])C(=O)N[C@H](C[C@@H](O)c1nc(C(=O)OC)cs1)C(C)C. The molecule has 2 aromatic rings. The third-order valence-corrected chi connectivity index (χ3v) is 11.2. The molecular weight excluding hydrogens is 737 g/mol. The second-order valence-corrected chi connectivity index (χ2v) is 15.6. The van der Waals surface area contributed by atoms with Crippen LogP contribution in [0.25, 0.3) is 20.9 Å². The summed E-state index contributed by atoms with van der Waals surface area (Å²) in [6, 6.07) is -1.97. The Morgan fingerprint density at radius 2 is 1.13 bits per heavy atom. The molecule has 54 heavy (non-hydrogen) atoms. The summed E-state index contributed by atoms with van der Waals surface area (Å²) in [6.07, 6.45) is 1.39. The number of esters is 2. The van der Waals surface area contributed by atoms with Crippen molar-refractivity contribution in [3.63, 3.8) is 0 Å². The predicted octanol–water partition coefficient (Wildman–Crippen LogP) is 7.51. The molecule has 2 amide bonds. The first-order valence-electron chi connectivity index (χ1n) is 17.9. The minimum absolute atomic E-state index is 0.0345. The zero-order chi connectivity index (χ0) is 41.1. The first-order valence-corrected chi connectivity index (χ1v) is 19.7. The second-order valence-electron chi connectivity index (χ2n) is 13.8. The van der Waals surface area contributed by atoms with Crippen LogP contribution in [-0.2, 0) is 19.1 Å². The molecule has 0 bridgehead atoms. The minimum atomic E-state index is -0.942. The van der Waals surface area contributed by atoms with Crippen LogP contribution in [0, 0.1) is 23.7 Å². The fourth-order valence-electron chi connectivity index (χ4n) is 5.11. The van der Waals surface area contributed by atoms with E-state index in [0.29, 0.717) is 23.5 Å². The zero-order valence-electron chi connectivity index (χ0n) is 33.0. The van der Waals surface area contributed by atoms with Gasteiger partial charge in [0.2, 0.25) is 11.8 Å². The average Bonchev–Trinajstić information content (AvgIpc) is 3.86. The number of methoxy groups -OCH3 is 2. The van der Waals surface area contributed by atoms with Crippen LogP contribution in [0.2, 0.25) is 0 Å². The van der Waals surface area contributed by atoms with Gasteiger partial charge >= 0.3 is 11.9 Å². The smallest absolute Gasteiger partial charge is 0.357 e. The number of hydrogen-bond donors (Lipinski definition) is 3. The van der Waals surface area contributed by atoms with Crippen LogP contribution in [0.4, 0.5) is 0 Å². The van der Waals surface area contributed by atoms with E-state index in [0.717, 1.165) is 22.8 Å². The van der Waals surface area contributed by atoms with Crippen molar-refractivity contribution in [3.8, 4) is 0 Å². The van der Waals surface area contributed by atoms with E-state index in [4.69, 9.17) is 15.8 Å². The van der Waals surface area contributed by atoms with Crippen LogP contribution >= 0.6 is 22.7 Å². The standard InChI is InChI=1S/C18H29N5O3S.C17H27N5O4S/c1-7-11(4)15(22-23-19)16(24)20-13(10(2)3)8-12(5)17-21-14(9-27-17)18(25)26-6;1-6-10(4)14(21-22-18)15(24)19-11(9(2)3)7-13(23)16-20-12(8-27-16)17(25)26-5/h9-13,15H,7-8H2,1-6H3,(H,20,24);8-11,13-14,23H,6-7H2,1-5H3,(H,19,24)/t11-,12+,13+,15-;10-,11+,13+,14-/m00/s1. The van der Waals surface area contributed by atoms with Crippen molar-refractivity contribution in [3.05, 3.63) is 53.0 Å². The van der Waals surface area contributed by atoms with Gasteiger partial charge in [0.25, 0.3) is 0 Å². The van der Waals surface area contributed by atoms with E-state index in [9.17, 15) is 24.3 Å². The molecule has 2 aromatic heterocycles. The van der Waals surface area contributed by atoms with Gasteiger partial charge in [-0.15, -0.1) is 22.7 Å². The van der Waals surface area contributed by atoms with Crippen molar-refractivity contribution < 1.29 is 33.8 Å². The lowest BCUT2D eigenvalue weighted by atomic mass is 9.92. The molecule has 0 spiro atoms. The van der Waals surface area contributed by atoms with Gasteiger partial charge < -0.3 is 25.2 Å². The number of nitrogens with zero attached hydrogens (tertiary/aromatic N) is 8. The van der Waals surface area contributed by atoms with Gasteiger partial charge in [-0.2, -0.15) is 0 Å². The van der Waals surface area contributed by atoms with Crippen LogP contribution in [-0.4, -0.2) is 77.2 Å². The maximum atomic E-state index is 12.6. The maximum Gasteiger partial charge on any atom is 0.357 e. The molecule has 0 aliphatic carbocycles. The normalized spacial score (nSPS) is 15.4. The van der Waals surface area contributed by atoms with Crippen LogP contribution < -0.4 is 10.6 Å². The van der Waals surface area contributed by atoms with E-state index >= 15 is 0 Å². The molecule has 300 valence electrons. The van der Waals surface area contributed by atoms with Gasteiger partial charge in [0.1, 0.15) is 23.2 Å². The van der Waals surface area contributed by atoms with Crippen molar-refractivity contribution in [2.45, 2.75) is 124 Å². The maximum absolute atomic E-state index is 12.6. The van der Waals surface area contributed by atoms with Gasteiger partial charge in [-0.3, -0.25) is 9.59 Å². The second kappa shape index (κ2) is 24.2. The molecule has 2 rings (SSSR count). The molecule has 0 radical (unpaired) electrons. The van der Waals surface area contributed by atoms with Gasteiger partial charge in [0.05, 0.1) is 19.2 Å². The number of nitrogens with one attached hydrogen (secondary N) is 2. The summed E-state index contributed by atoms with van der Waals surface area (Å²) in [4.78, 5) is 62.3. The number of carbonyl (C=O) groups excluding carboxylic acids is 4. The van der Waals surface area contributed by atoms with Crippen molar-refractivity contribution in [1.29, 1.82) is 0 Å². The van der Waals surface area contributed by atoms with E-state index in [1.54, 1.807) is 5.38 Å². The van der Waals surface area contributed by atoms with Crippen molar-refractivity contribution >= 4 is 46.4 Å². The lowest BCUT2D eigenvalue weighted by Crippen LogP contribution is -2.45. The Hall–Kier alpha value is -4.28. The minimum Gasteiger partial charge on any atom is -0.464 e. The summed E-state index contributed by atoms with van der Waals surface area (Å²) in [7, 11) is 2.59. The molecular formula is C35H56N10O7S2. The van der Waals surface area contributed by atoms with Gasteiger partial charge in [-0.05, 0) is 41.2 Å². The number of aromatic nitrogens is 2. The number of aliphatic hydroxyl groups is 1. The monoisotopic (exact) mass is 792 g/mol. The van der Waals surface area contributed by atoms with Crippen LogP contribution in [0.5, 0.6) is 0 Å². The average molecular weight is 793 g/mol. The quantitative estimate of drug-likeness (QED) is 0.0518. The molecule has 0 aliphatic rings. The largest absolute Gasteiger partial charge is 0.464 e. The van der Waals surface area contributed by atoms with Gasteiger partial charge in [0.15, 0.2) is 11.4 Å². The molecule has 2 heterocycles. The summed E-state index contributed by atoms with van der Waals surface area (Å²) in [5, 5.41) is 28.1. The summed E-state index contributed by atoms with van der Waals surface area (Å²) in [6.45, 7) is 17.6. The number of azide groups is 2. The zero-order valence-corrected chi connectivity index (χ0v) is 34.7. The van der Waals surface area contributed by atoms with Gasteiger partial charge in [-0.25, -0.2) is 19.6 Å². The number of amides is 2. The molecule has 19 heteroatoms. The van der Waals surface area contributed by atoms with E-state index < -0.39 is 30.1 Å². The van der Waals surface area contributed by atoms with Gasteiger partial charge in [0, 0.05) is 45.0 Å². The highest BCUT2D eigenvalue weighted by Gasteiger charge is 2.30. The third-order valence-electron chi connectivity index (χ3n) is 9.14. The topological polar surface area (TPSA) is 254 Å². The molecule has 17 nitrogen and oxygen atoms in total. The van der Waals surface area contributed by atoms with E-state index in [-0.39, 0.29) is 65.6 Å². The number of hydrogen-bond acceptors (Lipinski definition) is 13. The molecule has 0 fully saturated rings. The fourth-order valence-corrected chi connectivity index (χ4v) is 6.76. The summed E-state index contributed by atoms with van der Waals surface area (Å²) in [5.41, 5.74) is 17.9. The van der Waals surface area contributed by atoms with Crippen molar-refractivity contribution in [2.75, 3.05) is 14.2 Å². The highest BCUT2D eigenvalue weighted by Crippen LogP contribution is 2.28. The lowest BCUT2D eigenvalue weighted by molar-refractivity contribution is -0.125. The van der Waals surface area contributed by atoms with Gasteiger partial charge in [-0.1, -0.05) is 85.4 Å². The predicted molar refractivity (Wildman–Crippen MR) is 208 cm³/mol. The molecule has 0 saturated heterocycles. The number of aliphatic hydroxyl groups excluding tert-OH is 1. The summed E-state index contributed by atoms with van der Waals surface area (Å²) in [5.74, 6) is -1.47. The van der Waals surface area contributed by atoms with E-state index in [1.165, 1.54) is 30.9 Å². The van der Waals surface area contributed by atoms with Crippen LogP contribution in [0.3, 0.4) is 0 Å². The number of thiazole rings is 2. The Morgan fingerprint density at radius 1 is 0.741 bits per heavy atom. The Balaban J connectivity index is 0.000000540. The highest BCUT2D eigenvalue weighted by molar-refractivity contribution is 7.10. The first-order chi connectivity index (χ1) is 25.5. The lowest BCUT2D eigenvalue weighted by Gasteiger charge is -2.27. The Morgan fingerprint density at radius 3 is 1.50 bits per heavy atom. The molecule has 3 N–H and O–H groups in total. The van der Waals surface area contributed by atoms with Crippen LogP contribution in [0.15, 0.2) is 21.0 Å². The van der Waals surface area contributed by atoms with E-state index in [2.05, 4.69) is 45.4 Å². The Kier molecular flexibility index (Phi) is 21.4. The molecule has 8 atom stereocenters. The molecule has 0 aliphatic heterocycles.